The van der Waals surface area contributed by atoms with Gasteiger partial charge in [-0.1, -0.05) is 47.6 Å². The van der Waals surface area contributed by atoms with Gasteiger partial charge in [-0.15, -0.1) is 23.1 Å². The third kappa shape index (κ3) is 5.48. The largest absolute Gasteiger partial charge is 0.497 e. The molecule has 1 aliphatic rings. The first kappa shape index (κ1) is 23.7. The van der Waals surface area contributed by atoms with Crippen LogP contribution in [0.4, 0.5) is 0 Å². The molecule has 1 atom stereocenters. The van der Waals surface area contributed by atoms with E-state index in [-0.39, 0.29) is 5.92 Å². The van der Waals surface area contributed by atoms with E-state index in [1.54, 1.807) is 13.4 Å². The lowest BCUT2D eigenvalue weighted by Gasteiger charge is -2.25. The molecule has 7 heteroatoms. The summed E-state index contributed by atoms with van der Waals surface area (Å²) in [5, 5.41) is 17.4. The minimum Gasteiger partial charge on any atom is -0.497 e. The van der Waals surface area contributed by atoms with Crippen molar-refractivity contribution >= 4 is 28.8 Å². The minimum absolute atomic E-state index is 0.254. The molecule has 2 aromatic heterocycles. The number of methoxy groups -OCH3 is 1. The first-order chi connectivity index (χ1) is 17.2. The number of rotatable bonds is 9. The number of thioether (sulfide) groups is 1. The van der Waals surface area contributed by atoms with Gasteiger partial charge in [-0.25, -0.2) is 0 Å². The van der Waals surface area contributed by atoms with Gasteiger partial charge in [0.2, 0.25) is 0 Å². The van der Waals surface area contributed by atoms with Gasteiger partial charge in [0.15, 0.2) is 0 Å². The molecule has 2 heterocycles. The van der Waals surface area contributed by atoms with Crippen LogP contribution in [0.25, 0.3) is 0 Å². The van der Waals surface area contributed by atoms with Gasteiger partial charge in [0.1, 0.15) is 11.5 Å². The Kier molecular flexibility index (Phi) is 7.57. The SMILES string of the molecule is COc1ccc(C2C/C(=N\O)c3c(SCc4ccccc4)sc(CNCc4ccco4)c3C2)cc1. The second-order valence-corrected chi connectivity index (χ2v) is 10.9. The molecule has 0 aliphatic heterocycles. The number of ether oxygens (including phenoxy) is 1. The maximum Gasteiger partial charge on any atom is 0.118 e. The van der Waals surface area contributed by atoms with Gasteiger partial charge >= 0.3 is 0 Å². The molecular formula is C28H28N2O3S2. The van der Waals surface area contributed by atoms with E-state index < -0.39 is 0 Å². The molecule has 0 amide bonds. The van der Waals surface area contributed by atoms with Gasteiger partial charge in [0.05, 0.1) is 29.8 Å². The second kappa shape index (κ2) is 11.2. The Balaban J connectivity index is 1.43. The number of thiophene rings is 1. The number of benzene rings is 2. The first-order valence-corrected chi connectivity index (χ1v) is 13.4. The third-order valence-corrected chi connectivity index (χ3v) is 8.90. The fourth-order valence-electron chi connectivity index (χ4n) is 4.53. The maximum atomic E-state index is 10.0. The normalized spacial score (nSPS) is 16.4. The lowest BCUT2D eigenvalue weighted by Crippen LogP contribution is -2.21. The van der Waals surface area contributed by atoms with E-state index in [9.17, 15) is 5.21 Å². The zero-order chi connectivity index (χ0) is 24.0. The van der Waals surface area contributed by atoms with Crippen molar-refractivity contribution in [3.8, 4) is 5.75 Å². The number of nitrogens with zero attached hydrogens (tertiary/aromatic N) is 1. The molecule has 0 spiro atoms. The van der Waals surface area contributed by atoms with E-state index in [1.165, 1.54) is 25.8 Å². The fourth-order valence-corrected chi connectivity index (χ4v) is 7.17. The molecule has 0 fully saturated rings. The molecule has 0 saturated heterocycles. The van der Waals surface area contributed by atoms with Gasteiger partial charge in [-0.05, 0) is 53.3 Å². The molecule has 5 nitrogen and oxygen atoms in total. The van der Waals surface area contributed by atoms with Crippen molar-refractivity contribution in [2.24, 2.45) is 5.16 Å². The zero-order valence-corrected chi connectivity index (χ0v) is 21.2. The Morgan fingerprint density at radius 3 is 2.60 bits per heavy atom. The average molecular weight is 505 g/mol. The molecule has 2 aromatic carbocycles. The molecule has 35 heavy (non-hydrogen) atoms. The Hall–Kier alpha value is -3.00. The minimum atomic E-state index is 0.254. The Morgan fingerprint density at radius 1 is 1.06 bits per heavy atom. The number of oxime groups is 1. The lowest BCUT2D eigenvalue weighted by atomic mass is 9.80. The molecular weight excluding hydrogens is 476 g/mol. The second-order valence-electron chi connectivity index (χ2n) is 8.55. The van der Waals surface area contributed by atoms with Crippen molar-refractivity contribution < 1.29 is 14.4 Å². The number of nitrogens with one attached hydrogen (secondary N) is 1. The summed E-state index contributed by atoms with van der Waals surface area (Å²) in [5.74, 6) is 2.90. The Morgan fingerprint density at radius 2 is 1.89 bits per heavy atom. The Labute approximate surface area is 213 Å². The highest BCUT2D eigenvalue weighted by Gasteiger charge is 2.32. The van der Waals surface area contributed by atoms with E-state index in [2.05, 4.69) is 46.9 Å². The Bertz CT molecular complexity index is 1270. The van der Waals surface area contributed by atoms with E-state index in [4.69, 9.17) is 9.15 Å². The van der Waals surface area contributed by atoms with Crippen LogP contribution in [-0.4, -0.2) is 18.0 Å². The van der Waals surface area contributed by atoms with E-state index in [0.717, 1.165) is 41.5 Å². The lowest BCUT2D eigenvalue weighted by molar-refractivity contribution is 0.316. The van der Waals surface area contributed by atoms with Crippen LogP contribution in [0.5, 0.6) is 5.75 Å². The summed E-state index contributed by atoms with van der Waals surface area (Å²) in [6.07, 6.45) is 3.33. The summed E-state index contributed by atoms with van der Waals surface area (Å²) < 4.78 is 12.0. The number of fused-ring (bicyclic) bond motifs is 1. The summed E-state index contributed by atoms with van der Waals surface area (Å²) in [7, 11) is 1.68. The first-order valence-electron chi connectivity index (χ1n) is 11.6. The number of furan rings is 1. The molecule has 1 aliphatic carbocycles. The molecule has 0 bridgehead atoms. The maximum absolute atomic E-state index is 10.0. The van der Waals surface area contributed by atoms with Crippen molar-refractivity contribution in [2.75, 3.05) is 7.11 Å². The topological polar surface area (TPSA) is 67.0 Å². The van der Waals surface area contributed by atoms with Gasteiger partial charge in [0, 0.05) is 29.2 Å². The van der Waals surface area contributed by atoms with Crippen LogP contribution in [0.2, 0.25) is 0 Å². The highest BCUT2D eigenvalue weighted by molar-refractivity contribution is 8.00. The predicted octanol–water partition coefficient (Wildman–Crippen LogP) is 6.84. The van der Waals surface area contributed by atoms with E-state index in [0.29, 0.717) is 13.0 Å². The summed E-state index contributed by atoms with van der Waals surface area (Å²) in [6.45, 7) is 1.42. The summed E-state index contributed by atoms with van der Waals surface area (Å²) in [4.78, 5) is 1.29. The zero-order valence-electron chi connectivity index (χ0n) is 19.6. The van der Waals surface area contributed by atoms with Gasteiger partial charge < -0.3 is 19.7 Å². The molecule has 0 saturated carbocycles. The average Bonchev–Trinajstić information content (AvgIpc) is 3.56. The van der Waals surface area contributed by atoms with Gasteiger partial charge in [0.25, 0.3) is 0 Å². The van der Waals surface area contributed by atoms with Crippen LogP contribution in [0, 0.1) is 0 Å². The molecule has 2 N–H and O–H groups in total. The number of hydrogen-bond acceptors (Lipinski definition) is 7. The summed E-state index contributed by atoms with van der Waals surface area (Å²) in [6, 6.07) is 22.6. The standard InChI is InChI=1S/C28H28N2O3S2/c1-32-22-11-9-20(10-12-22)21-14-24-26(17-29-16-23-8-5-13-33-23)35-28(27(24)25(15-21)30-31)34-18-19-6-3-2-4-7-19/h2-13,21,29,31H,14-18H2,1H3/b30-25+. The van der Waals surface area contributed by atoms with Crippen LogP contribution in [0.3, 0.4) is 0 Å². The highest BCUT2D eigenvalue weighted by atomic mass is 32.2. The highest BCUT2D eigenvalue weighted by Crippen LogP contribution is 2.45. The van der Waals surface area contributed by atoms with Crippen LogP contribution >= 0.6 is 23.1 Å². The monoisotopic (exact) mass is 504 g/mol. The van der Waals surface area contributed by atoms with Crippen LogP contribution in [-0.2, 0) is 25.3 Å². The van der Waals surface area contributed by atoms with Crippen molar-refractivity contribution in [1.82, 2.24) is 5.32 Å². The third-order valence-electron chi connectivity index (χ3n) is 6.32. The van der Waals surface area contributed by atoms with E-state index in [1.807, 2.05) is 53.4 Å². The van der Waals surface area contributed by atoms with Crippen LogP contribution in [0.15, 0.2) is 86.8 Å². The molecule has 4 aromatic rings. The van der Waals surface area contributed by atoms with Gasteiger partial charge in [-0.2, -0.15) is 0 Å². The smallest absolute Gasteiger partial charge is 0.118 e. The molecule has 180 valence electrons. The quantitative estimate of drug-likeness (QED) is 0.148. The van der Waals surface area contributed by atoms with Crippen molar-refractivity contribution in [3.63, 3.8) is 0 Å². The van der Waals surface area contributed by atoms with Crippen molar-refractivity contribution in [3.05, 3.63) is 106 Å². The summed E-state index contributed by atoms with van der Waals surface area (Å²) >= 11 is 3.64. The number of hydrogen-bond donors (Lipinski definition) is 2. The summed E-state index contributed by atoms with van der Waals surface area (Å²) in [5.41, 5.74) is 5.70. The van der Waals surface area contributed by atoms with Crippen LogP contribution < -0.4 is 10.1 Å². The van der Waals surface area contributed by atoms with Crippen molar-refractivity contribution in [2.45, 2.75) is 41.8 Å². The van der Waals surface area contributed by atoms with Crippen LogP contribution in [0.1, 0.15) is 45.2 Å². The van der Waals surface area contributed by atoms with Gasteiger partial charge in [-0.3, -0.25) is 0 Å². The molecule has 1 unspecified atom stereocenters. The van der Waals surface area contributed by atoms with Crippen molar-refractivity contribution in [1.29, 1.82) is 0 Å². The molecule has 0 radical (unpaired) electrons. The van der Waals surface area contributed by atoms with E-state index >= 15 is 0 Å². The fraction of sp³-hybridized carbons (Fsp3) is 0.250. The predicted molar refractivity (Wildman–Crippen MR) is 142 cm³/mol. The molecule has 5 rings (SSSR count).